The summed E-state index contributed by atoms with van der Waals surface area (Å²) in [6.45, 7) is 0.417. The van der Waals surface area contributed by atoms with E-state index in [1.165, 1.54) is 6.42 Å². The van der Waals surface area contributed by atoms with Crippen molar-refractivity contribution in [3.63, 3.8) is 0 Å². The maximum Gasteiger partial charge on any atom is 0.308 e. The number of hydrogen-bond acceptors (Lipinski definition) is 3. The fourth-order valence-corrected chi connectivity index (χ4v) is 2.98. The van der Waals surface area contributed by atoms with E-state index in [2.05, 4.69) is 10.4 Å². The maximum absolute atomic E-state index is 12.2. The second-order valence-corrected chi connectivity index (χ2v) is 5.72. The number of nitrogens with zero attached hydrogens (tertiary/aromatic N) is 2. The van der Waals surface area contributed by atoms with Crippen molar-refractivity contribution in [3.8, 4) is 0 Å². The zero-order valence-corrected chi connectivity index (χ0v) is 12.3. The van der Waals surface area contributed by atoms with Gasteiger partial charge in [0, 0.05) is 24.3 Å². The molecule has 0 amide bonds. The Morgan fingerprint density at radius 3 is 2.86 bits per heavy atom. The van der Waals surface area contributed by atoms with Crippen molar-refractivity contribution in [2.24, 2.45) is 5.92 Å². The summed E-state index contributed by atoms with van der Waals surface area (Å²) < 4.78 is 13.8. The molecule has 0 unspecified atom stereocenters. The van der Waals surface area contributed by atoms with Crippen LogP contribution in [0, 0.1) is 5.92 Å². The van der Waals surface area contributed by atoms with Gasteiger partial charge in [0.2, 0.25) is 0 Å². The average molecular weight is 297 g/mol. The first-order valence-electron chi connectivity index (χ1n) is 7.74. The van der Waals surface area contributed by atoms with Gasteiger partial charge in [0.1, 0.15) is 6.67 Å². The molecule has 0 bridgehead atoms. The van der Waals surface area contributed by atoms with E-state index in [0.717, 1.165) is 37.7 Å². The molecule has 2 rings (SSSR count). The lowest BCUT2D eigenvalue weighted by atomic mass is 9.86. The molecule has 2 atom stereocenters. The Morgan fingerprint density at radius 1 is 1.38 bits per heavy atom. The van der Waals surface area contributed by atoms with Crippen LogP contribution in [0.5, 0.6) is 0 Å². The van der Waals surface area contributed by atoms with Crippen molar-refractivity contribution in [1.82, 2.24) is 15.1 Å². The lowest BCUT2D eigenvalue weighted by Crippen LogP contribution is -2.40. The highest BCUT2D eigenvalue weighted by Gasteiger charge is 2.28. The predicted molar refractivity (Wildman–Crippen MR) is 77.7 cm³/mol. The Hall–Kier alpha value is -1.43. The van der Waals surface area contributed by atoms with E-state index in [0.29, 0.717) is 6.54 Å². The minimum atomic E-state index is -0.706. The second kappa shape index (κ2) is 8.12. The third kappa shape index (κ3) is 4.81. The summed E-state index contributed by atoms with van der Waals surface area (Å²) in [6, 6.07) is 0.00678. The van der Waals surface area contributed by atoms with Crippen LogP contribution in [0.1, 0.15) is 44.1 Å². The van der Waals surface area contributed by atoms with Crippen LogP contribution < -0.4 is 5.32 Å². The van der Waals surface area contributed by atoms with Gasteiger partial charge in [-0.15, -0.1) is 0 Å². The Labute approximate surface area is 124 Å². The number of carboxylic acids is 1. The number of aryl methyl sites for hydroxylation is 1. The standard InChI is InChI=1S/C15H24FN3O2/c16-7-8-19-11-12(10-18-19)9-17-14-6-4-2-1-3-5-13(14)15(20)21/h10-11,13-14,17H,1-9H2,(H,20,21)/t13-,14+/m1/s1. The molecular weight excluding hydrogens is 273 g/mol. The first-order valence-corrected chi connectivity index (χ1v) is 7.74. The lowest BCUT2D eigenvalue weighted by molar-refractivity contribution is -0.143. The zero-order chi connectivity index (χ0) is 15.1. The number of alkyl halides is 1. The molecule has 0 spiro atoms. The van der Waals surface area contributed by atoms with E-state index in [1.807, 2.05) is 6.20 Å². The van der Waals surface area contributed by atoms with Crippen molar-refractivity contribution in [3.05, 3.63) is 18.0 Å². The number of aliphatic carboxylic acids is 1. The summed E-state index contributed by atoms with van der Waals surface area (Å²) in [4.78, 5) is 11.4. The fourth-order valence-electron chi connectivity index (χ4n) is 2.98. The molecule has 1 saturated carbocycles. The molecule has 1 aromatic heterocycles. The van der Waals surface area contributed by atoms with Crippen LogP contribution in [0.25, 0.3) is 0 Å². The first kappa shape index (κ1) is 15.9. The van der Waals surface area contributed by atoms with Crippen LogP contribution >= 0.6 is 0 Å². The molecule has 21 heavy (non-hydrogen) atoms. The largest absolute Gasteiger partial charge is 0.481 e. The van der Waals surface area contributed by atoms with Gasteiger partial charge >= 0.3 is 5.97 Å². The van der Waals surface area contributed by atoms with Crippen molar-refractivity contribution >= 4 is 5.97 Å². The maximum atomic E-state index is 12.2. The number of carbonyl (C=O) groups is 1. The molecule has 1 aliphatic rings. The van der Waals surface area contributed by atoms with Crippen molar-refractivity contribution in [1.29, 1.82) is 0 Å². The second-order valence-electron chi connectivity index (χ2n) is 5.72. The molecule has 0 radical (unpaired) electrons. The van der Waals surface area contributed by atoms with E-state index in [1.54, 1.807) is 10.9 Å². The highest BCUT2D eigenvalue weighted by Crippen LogP contribution is 2.23. The molecule has 5 nitrogen and oxygen atoms in total. The molecule has 1 aliphatic carbocycles. The van der Waals surface area contributed by atoms with Gasteiger partial charge in [0.15, 0.2) is 0 Å². The van der Waals surface area contributed by atoms with Crippen LogP contribution in [-0.4, -0.2) is 33.6 Å². The Balaban J connectivity index is 1.91. The van der Waals surface area contributed by atoms with Gasteiger partial charge in [-0.1, -0.05) is 25.7 Å². The number of aromatic nitrogens is 2. The minimum absolute atomic E-state index is 0.00678. The molecule has 0 aliphatic heterocycles. The van der Waals surface area contributed by atoms with E-state index < -0.39 is 12.6 Å². The van der Waals surface area contributed by atoms with Gasteiger partial charge in [0.05, 0.1) is 18.7 Å². The fraction of sp³-hybridized carbons (Fsp3) is 0.733. The number of halogens is 1. The van der Waals surface area contributed by atoms with Crippen molar-refractivity contribution in [2.45, 2.75) is 57.7 Å². The molecule has 0 aromatic carbocycles. The summed E-state index contributed by atoms with van der Waals surface area (Å²) in [6.07, 6.45) is 9.54. The first-order chi connectivity index (χ1) is 10.2. The highest BCUT2D eigenvalue weighted by atomic mass is 19.1. The van der Waals surface area contributed by atoms with Crippen LogP contribution in [0.4, 0.5) is 4.39 Å². The Kier molecular flexibility index (Phi) is 6.17. The molecule has 6 heteroatoms. The monoisotopic (exact) mass is 297 g/mol. The number of hydrogen-bond donors (Lipinski definition) is 2. The van der Waals surface area contributed by atoms with E-state index in [-0.39, 0.29) is 18.5 Å². The van der Waals surface area contributed by atoms with Gasteiger partial charge in [-0.25, -0.2) is 4.39 Å². The predicted octanol–water partition coefficient (Wildman–Crippen LogP) is 2.37. The molecular formula is C15H24FN3O2. The number of rotatable bonds is 6. The summed E-state index contributed by atoms with van der Waals surface area (Å²) in [5, 5.41) is 16.8. The zero-order valence-electron chi connectivity index (χ0n) is 12.3. The van der Waals surface area contributed by atoms with Crippen molar-refractivity contribution < 1.29 is 14.3 Å². The molecule has 1 heterocycles. The van der Waals surface area contributed by atoms with Gasteiger partial charge in [-0.05, 0) is 12.8 Å². The third-order valence-corrected chi connectivity index (χ3v) is 4.15. The smallest absolute Gasteiger partial charge is 0.308 e. The summed E-state index contributed by atoms with van der Waals surface area (Å²) >= 11 is 0. The van der Waals surface area contributed by atoms with Crippen LogP contribution in [0.2, 0.25) is 0 Å². The number of nitrogens with one attached hydrogen (secondary N) is 1. The Bertz CT molecular complexity index is 450. The van der Waals surface area contributed by atoms with Crippen molar-refractivity contribution in [2.75, 3.05) is 6.67 Å². The van der Waals surface area contributed by atoms with Gasteiger partial charge in [-0.2, -0.15) is 5.10 Å². The molecule has 0 saturated heterocycles. The SMILES string of the molecule is O=C(O)[C@@H]1CCCCCC[C@@H]1NCc1cnn(CCF)c1. The van der Waals surface area contributed by atoms with Gasteiger partial charge < -0.3 is 10.4 Å². The summed E-state index contributed by atoms with van der Waals surface area (Å²) in [5.74, 6) is -1.02. The minimum Gasteiger partial charge on any atom is -0.481 e. The van der Waals surface area contributed by atoms with E-state index >= 15 is 0 Å². The van der Waals surface area contributed by atoms with Crippen LogP contribution in [0.15, 0.2) is 12.4 Å². The quantitative estimate of drug-likeness (QED) is 0.846. The lowest BCUT2D eigenvalue weighted by Gasteiger charge is -2.27. The number of carboxylic acid groups (broad SMARTS) is 1. The van der Waals surface area contributed by atoms with E-state index in [4.69, 9.17) is 0 Å². The molecule has 118 valence electrons. The summed E-state index contributed by atoms with van der Waals surface area (Å²) in [7, 11) is 0. The molecule has 1 aromatic rings. The third-order valence-electron chi connectivity index (χ3n) is 4.15. The van der Waals surface area contributed by atoms with Crippen LogP contribution in [-0.2, 0) is 17.9 Å². The van der Waals surface area contributed by atoms with Gasteiger partial charge in [0.25, 0.3) is 0 Å². The molecule has 1 fully saturated rings. The Morgan fingerprint density at radius 2 is 2.14 bits per heavy atom. The van der Waals surface area contributed by atoms with Gasteiger partial charge in [-0.3, -0.25) is 9.48 Å². The van der Waals surface area contributed by atoms with E-state index in [9.17, 15) is 14.3 Å². The topological polar surface area (TPSA) is 67.2 Å². The average Bonchev–Trinajstić information content (AvgIpc) is 2.85. The summed E-state index contributed by atoms with van der Waals surface area (Å²) in [5.41, 5.74) is 0.967. The van der Waals surface area contributed by atoms with Crippen LogP contribution in [0.3, 0.4) is 0 Å². The molecule has 2 N–H and O–H groups in total. The normalized spacial score (nSPS) is 23.5. The highest BCUT2D eigenvalue weighted by molar-refractivity contribution is 5.70.